The Morgan fingerprint density at radius 3 is 2.95 bits per heavy atom. The number of hydrogen-bond donors (Lipinski definition) is 1. The van der Waals surface area contributed by atoms with Crippen LogP contribution in [0.2, 0.25) is 5.02 Å². The second-order valence-corrected chi connectivity index (χ2v) is 6.10. The standard InChI is InChI=1S/C14H11ClFNO4S/c1-2-21-10-5-22-13-11(14(19)20)12(18)6-3-8(16)7(15)4-9(6)17(10)13/h3-4,10H,2,5H2,1H3,(H,19,20). The molecule has 0 radical (unpaired) electrons. The molecule has 1 aliphatic rings. The van der Waals surface area contributed by atoms with Crippen molar-refractivity contribution in [3.8, 4) is 0 Å². The molecule has 8 heteroatoms. The summed E-state index contributed by atoms with van der Waals surface area (Å²) in [5.74, 6) is -1.63. The third-order valence-electron chi connectivity index (χ3n) is 3.43. The number of rotatable bonds is 3. The van der Waals surface area contributed by atoms with Crippen molar-refractivity contribution >= 4 is 40.2 Å². The minimum Gasteiger partial charge on any atom is -0.477 e. The monoisotopic (exact) mass is 343 g/mol. The Morgan fingerprint density at radius 1 is 1.59 bits per heavy atom. The highest BCUT2D eigenvalue weighted by Crippen LogP contribution is 2.39. The summed E-state index contributed by atoms with van der Waals surface area (Å²) in [6.45, 7) is 2.24. The first-order valence-corrected chi connectivity index (χ1v) is 7.87. The highest BCUT2D eigenvalue weighted by molar-refractivity contribution is 7.99. The molecule has 5 nitrogen and oxygen atoms in total. The van der Waals surface area contributed by atoms with E-state index in [9.17, 15) is 19.1 Å². The van der Waals surface area contributed by atoms with Crippen LogP contribution in [-0.4, -0.2) is 28.0 Å². The van der Waals surface area contributed by atoms with Gasteiger partial charge < -0.3 is 14.4 Å². The van der Waals surface area contributed by atoms with Crippen LogP contribution in [0.25, 0.3) is 10.9 Å². The maximum absolute atomic E-state index is 13.7. The molecule has 2 heterocycles. The summed E-state index contributed by atoms with van der Waals surface area (Å²) in [4.78, 5) is 23.9. The molecule has 1 atom stereocenters. The molecule has 0 bridgehead atoms. The van der Waals surface area contributed by atoms with Crippen LogP contribution >= 0.6 is 23.4 Å². The van der Waals surface area contributed by atoms with Gasteiger partial charge in [-0.3, -0.25) is 4.79 Å². The molecule has 2 aromatic rings. The molecule has 0 saturated carbocycles. The van der Waals surface area contributed by atoms with E-state index >= 15 is 0 Å². The lowest BCUT2D eigenvalue weighted by atomic mass is 10.1. The molecule has 116 valence electrons. The summed E-state index contributed by atoms with van der Waals surface area (Å²) in [5.41, 5.74) is -0.699. The van der Waals surface area contributed by atoms with Gasteiger partial charge in [-0.1, -0.05) is 11.6 Å². The summed E-state index contributed by atoms with van der Waals surface area (Å²) >= 11 is 7.04. The quantitative estimate of drug-likeness (QED) is 0.927. The lowest BCUT2D eigenvalue weighted by Gasteiger charge is -2.18. The zero-order valence-corrected chi connectivity index (χ0v) is 13.0. The number of benzene rings is 1. The first-order valence-electron chi connectivity index (χ1n) is 6.50. The van der Waals surface area contributed by atoms with E-state index in [1.807, 2.05) is 6.92 Å². The lowest BCUT2D eigenvalue weighted by molar-refractivity contribution is 0.0299. The van der Waals surface area contributed by atoms with Crippen molar-refractivity contribution in [2.45, 2.75) is 18.2 Å². The Morgan fingerprint density at radius 2 is 2.32 bits per heavy atom. The highest BCUT2D eigenvalue weighted by Gasteiger charge is 2.32. The maximum atomic E-state index is 13.7. The number of pyridine rings is 1. The molecule has 1 aliphatic heterocycles. The highest BCUT2D eigenvalue weighted by atomic mass is 35.5. The second kappa shape index (κ2) is 5.57. The number of carboxylic acids is 1. The second-order valence-electron chi connectivity index (χ2n) is 4.69. The normalized spacial score (nSPS) is 17.0. The van der Waals surface area contributed by atoms with Crippen LogP contribution in [0.5, 0.6) is 0 Å². The first-order chi connectivity index (χ1) is 10.5. The molecule has 22 heavy (non-hydrogen) atoms. The molecule has 0 spiro atoms. The van der Waals surface area contributed by atoms with Gasteiger partial charge in [0.05, 0.1) is 15.6 Å². The Balaban J connectivity index is 2.46. The van der Waals surface area contributed by atoms with E-state index in [1.165, 1.54) is 17.8 Å². The Hall–Kier alpha value is -1.57. The summed E-state index contributed by atoms with van der Waals surface area (Å²) in [6, 6.07) is 2.31. The van der Waals surface area contributed by atoms with Crippen molar-refractivity contribution in [1.82, 2.24) is 4.57 Å². The third kappa shape index (κ3) is 2.20. The van der Waals surface area contributed by atoms with Gasteiger partial charge in [-0.05, 0) is 19.1 Å². The zero-order chi connectivity index (χ0) is 16.0. The number of nitrogens with zero attached hydrogens (tertiary/aromatic N) is 1. The SMILES string of the molecule is CCOC1CSc2c(C(=O)O)c(=O)c3cc(F)c(Cl)cc3n21. The summed E-state index contributed by atoms with van der Waals surface area (Å²) in [5, 5.41) is 9.51. The van der Waals surface area contributed by atoms with Crippen molar-refractivity contribution in [2.24, 2.45) is 0 Å². The molecule has 0 amide bonds. The molecular formula is C14H11ClFNO4S. The van der Waals surface area contributed by atoms with E-state index in [0.29, 0.717) is 22.9 Å². The Kier molecular flexibility index (Phi) is 3.88. The largest absolute Gasteiger partial charge is 0.477 e. The lowest BCUT2D eigenvalue weighted by Crippen LogP contribution is -2.22. The smallest absolute Gasteiger partial charge is 0.342 e. The number of carbonyl (C=O) groups is 1. The molecule has 0 saturated heterocycles. The molecule has 1 unspecified atom stereocenters. The fourth-order valence-electron chi connectivity index (χ4n) is 2.54. The number of carboxylic acid groups (broad SMARTS) is 1. The van der Waals surface area contributed by atoms with Crippen LogP contribution in [0.4, 0.5) is 4.39 Å². The fraction of sp³-hybridized carbons (Fsp3) is 0.286. The van der Waals surface area contributed by atoms with Gasteiger partial charge >= 0.3 is 5.97 Å². The predicted molar refractivity (Wildman–Crippen MR) is 81.5 cm³/mol. The number of thioether (sulfide) groups is 1. The minimum atomic E-state index is -1.34. The third-order valence-corrected chi connectivity index (χ3v) is 4.84. The van der Waals surface area contributed by atoms with E-state index < -0.39 is 23.4 Å². The van der Waals surface area contributed by atoms with E-state index in [4.69, 9.17) is 16.3 Å². The van der Waals surface area contributed by atoms with Crippen molar-refractivity contribution in [2.75, 3.05) is 12.4 Å². The van der Waals surface area contributed by atoms with E-state index in [1.54, 1.807) is 4.57 Å². The molecule has 0 aliphatic carbocycles. The van der Waals surface area contributed by atoms with E-state index in [2.05, 4.69) is 0 Å². The van der Waals surface area contributed by atoms with Crippen LogP contribution in [0.1, 0.15) is 23.5 Å². The van der Waals surface area contributed by atoms with E-state index in [0.717, 1.165) is 6.07 Å². The topological polar surface area (TPSA) is 68.5 Å². The molecule has 1 aromatic carbocycles. The van der Waals surface area contributed by atoms with Gasteiger partial charge in [0.25, 0.3) is 0 Å². The number of hydrogen-bond acceptors (Lipinski definition) is 4. The molecule has 0 fully saturated rings. The molecule has 1 N–H and O–H groups in total. The maximum Gasteiger partial charge on any atom is 0.342 e. The molecule has 1 aromatic heterocycles. The average molecular weight is 344 g/mol. The van der Waals surface area contributed by atoms with Crippen molar-refractivity contribution < 1.29 is 19.0 Å². The van der Waals surface area contributed by atoms with Gasteiger partial charge in [0.15, 0.2) is 0 Å². The minimum absolute atomic E-state index is 0.0183. The van der Waals surface area contributed by atoms with E-state index in [-0.39, 0.29) is 16.0 Å². The number of halogens is 2. The average Bonchev–Trinajstić information content (AvgIpc) is 2.85. The van der Waals surface area contributed by atoms with Crippen molar-refractivity contribution in [3.05, 3.63) is 38.8 Å². The van der Waals surface area contributed by atoms with Gasteiger partial charge in [-0.2, -0.15) is 0 Å². The Labute approximate surface area is 133 Å². The van der Waals surface area contributed by atoms with Crippen molar-refractivity contribution in [1.29, 1.82) is 0 Å². The number of fused-ring (bicyclic) bond motifs is 3. The number of aromatic nitrogens is 1. The molecular weight excluding hydrogens is 333 g/mol. The summed E-state index contributed by atoms with van der Waals surface area (Å²) < 4.78 is 20.9. The zero-order valence-electron chi connectivity index (χ0n) is 11.4. The van der Waals surface area contributed by atoms with Crippen LogP contribution in [0.15, 0.2) is 22.0 Å². The van der Waals surface area contributed by atoms with Crippen LogP contribution in [-0.2, 0) is 4.74 Å². The van der Waals surface area contributed by atoms with Crippen LogP contribution in [0, 0.1) is 5.82 Å². The number of aromatic carboxylic acids is 1. The van der Waals surface area contributed by atoms with Gasteiger partial charge in [-0.15, -0.1) is 11.8 Å². The predicted octanol–water partition coefficient (Wildman–Crippen LogP) is 3.13. The molecule has 3 rings (SSSR count). The van der Waals surface area contributed by atoms with Crippen LogP contribution in [0.3, 0.4) is 0 Å². The van der Waals surface area contributed by atoms with Gasteiger partial charge in [0, 0.05) is 17.7 Å². The number of ether oxygens (including phenoxy) is 1. The van der Waals surface area contributed by atoms with Crippen LogP contribution < -0.4 is 5.43 Å². The van der Waals surface area contributed by atoms with Crippen molar-refractivity contribution in [3.63, 3.8) is 0 Å². The van der Waals surface area contributed by atoms with Gasteiger partial charge in [-0.25, -0.2) is 9.18 Å². The first kappa shape index (κ1) is 15.3. The summed E-state index contributed by atoms with van der Waals surface area (Å²) in [7, 11) is 0. The van der Waals surface area contributed by atoms with Gasteiger partial charge in [0.2, 0.25) is 5.43 Å². The fourth-order valence-corrected chi connectivity index (χ4v) is 3.92. The Bertz CT molecular complexity index is 851. The van der Waals surface area contributed by atoms with Gasteiger partial charge in [0.1, 0.15) is 17.6 Å². The summed E-state index contributed by atoms with van der Waals surface area (Å²) in [6.07, 6.45) is -0.423.